The third kappa shape index (κ3) is 4.04. The molecule has 1 nitrogen and oxygen atoms in total. The first kappa shape index (κ1) is 15.7. The lowest BCUT2D eigenvalue weighted by atomic mass is 9.94. The highest BCUT2D eigenvalue weighted by Gasteiger charge is 2.42. The number of alkyl halides is 7. The molecule has 0 unspecified atom stereocenters. The van der Waals surface area contributed by atoms with Crippen molar-refractivity contribution >= 4 is 13.3 Å². The van der Waals surface area contributed by atoms with Crippen LogP contribution in [0.2, 0.25) is 0 Å². The first-order valence-electron chi connectivity index (χ1n) is 4.79. The molecule has 2 radical (unpaired) electrons. The van der Waals surface area contributed by atoms with Crippen molar-refractivity contribution < 1.29 is 35.5 Å². The van der Waals surface area contributed by atoms with Gasteiger partial charge in [-0.05, 0) is 12.1 Å². The summed E-state index contributed by atoms with van der Waals surface area (Å²) in [6.07, 6.45) is -8.91. The molecule has 0 fully saturated rings. The maximum atomic E-state index is 12.6. The van der Waals surface area contributed by atoms with E-state index >= 15 is 0 Å². The largest absolute Gasteiger partial charge is 0.486 e. The van der Waals surface area contributed by atoms with Gasteiger partial charge in [0.15, 0.2) is 6.61 Å². The van der Waals surface area contributed by atoms with Crippen LogP contribution in [0.15, 0.2) is 18.2 Å². The molecule has 1 aromatic carbocycles. The Morgan fingerprint density at radius 2 is 1.68 bits per heavy atom. The number of ether oxygens (including phenoxy) is 1. The summed E-state index contributed by atoms with van der Waals surface area (Å²) in [5, 5.41) is 0. The van der Waals surface area contributed by atoms with E-state index in [0.29, 0.717) is 12.1 Å². The molecule has 0 saturated heterocycles. The molecule has 1 rings (SSSR count). The van der Waals surface area contributed by atoms with E-state index in [4.69, 9.17) is 7.85 Å². The molecule has 0 bridgehead atoms. The molecule has 0 aliphatic heterocycles. The molecular formula is C10H6BF7O. The van der Waals surface area contributed by atoms with Crippen molar-refractivity contribution in [2.24, 2.45) is 0 Å². The zero-order valence-corrected chi connectivity index (χ0v) is 9.15. The standard InChI is InChI=1S/C10H6BF7O/c11-5-1-2-6(10(16,17)18)7(3-5)19-4-9(14,15)8(12)13/h1-3,8H,4H2. The van der Waals surface area contributed by atoms with E-state index in [1.165, 1.54) is 0 Å². The third-order valence-electron chi connectivity index (χ3n) is 2.05. The molecule has 0 N–H and O–H groups in total. The summed E-state index contributed by atoms with van der Waals surface area (Å²) in [5.74, 6) is -5.57. The fraction of sp³-hybridized carbons (Fsp3) is 0.400. The minimum Gasteiger partial charge on any atom is -0.486 e. The summed E-state index contributed by atoms with van der Waals surface area (Å²) >= 11 is 0. The zero-order valence-electron chi connectivity index (χ0n) is 9.15. The lowest BCUT2D eigenvalue weighted by Gasteiger charge is -2.19. The Balaban J connectivity index is 2.98. The van der Waals surface area contributed by atoms with Crippen molar-refractivity contribution in [1.29, 1.82) is 0 Å². The van der Waals surface area contributed by atoms with Crippen LogP contribution in [0.3, 0.4) is 0 Å². The summed E-state index contributed by atoms with van der Waals surface area (Å²) in [6.45, 7) is -1.88. The van der Waals surface area contributed by atoms with Gasteiger partial charge in [0.25, 0.3) is 0 Å². The first-order valence-corrected chi connectivity index (χ1v) is 4.79. The van der Waals surface area contributed by atoms with E-state index < -0.39 is 36.4 Å². The van der Waals surface area contributed by atoms with Gasteiger partial charge in [0, 0.05) is 0 Å². The smallest absolute Gasteiger partial charge is 0.419 e. The minimum absolute atomic E-state index is 0.177. The zero-order chi connectivity index (χ0) is 14.8. The lowest BCUT2D eigenvalue weighted by molar-refractivity contribution is -0.153. The number of hydrogen-bond acceptors (Lipinski definition) is 1. The average molecular weight is 286 g/mol. The third-order valence-corrected chi connectivity index (χ3v) is 2.05. The first-order chi connectivity index (χ1) is 8.54. The number of hydrogen-bond donors (Lipinski definition) is 0. The molecule has 0 aliphatic carbocycles. The second kappa shape index (κ2) is 5.30. The van der Waals surface area contributed by atoms with Crippen LogP contribution in [0, 0.1) is 0 Å². The predicted molar refractivity (Wildman–Crippen MR) is 53.3 cm³/mol. The summed E-state index contributed by atoms with van der Waals surface area (Å²) in [4.78, 5) is 0. The van der Waals surface area contributed by atoms with E-state index in [1.807, 2.05) is 0 Å². The fourth-order valence-corrected chi connectivity index (χ4v) is 1.13. The molecule has 104 valence electrons. The molecule has 0 heterocycles. The van der Waals surface area contributed by atoms with Crippen LogP contribution in [-0.2, 0) is 6.18 Å². The Morgan fingerprint density at radius 3 is 2.16 bits per heavy atom. The van der Waals surface area contributed by atoms with Gasteiger partial charge in [-0.25, -0.2) is 8.78 Å². The summed E-state index contributed by atoms with van der Waals surface area (Å²) in [7, 11) is 5.19. The van der Waals surface area contributed by atoms with Crippen molar-refractivity contribution in [2.45, 2.75) is 18.5 Å². The lowest BCUT2D eigenvalue weighted by Crippen LogP contribution is -2.34. The quantitative estimate of drug-likeness (QED) is 0.611. The van der Waals surface area contributed by atoms with Gasteiger partial charge < -0.3 is 4.74 Å². The van der Waals surface area contributed by atoms with E-state index in [1.54, 1.807) is 0 Å². The molecule has 1 aromatic rings. The maximum absolute atomic E-state index is 12.6. The summed E-state index contributed by atoms with van der Waals surface area (Å²) < 4.78 is 90.5. The molecule has 0 amide bonds. The molecule has 0 atom stereocenters. The normalized spacial score (nSPS) is 12.8. The average Bonchev–Trinajstić information content (AvgIpc) is 2.24. The van der Waals surface area contributed by atoms with Crippen LogP contribution in [0.1, 0.15) is 5.56 Å². The van der Waals surface area contributed by atoms with Gasteiger partial charge in [0.1, 0.15) is 13.6 Å². The summed E-state index contributed by atoms with van der Waals surface area (Å²) in [6, 6.07) is 2.05. The maximum Gasteiger partial charge on any atom is 0.419 e. The molecule has 19 heavy (non-hydrogen) atoms. The van der Waals surface area contributed by atoms with Gasteiger partial charge in [-0.15, -0.1) is 0 Å². The Labute approximate surface area is 104 Å². The minimum atomic E-state index is -4.87. The van der Waals surface area contributed by atoms with Crippen molar-refractivity contribution in [3.63, 3.8) is 0 Å². The highest BCUT2D eigenvalue weighted by Crippen LogP contribution is 2.36. The number of rotatable bonds is 4. The Morgan fingerprint density at radius 1 is 1.11 bits per heavy atom. The van der Waals surface area contributed by atoms with Crippen molar-refractivity contribution in [2.75, 3.05) is 6.61 Å². The van der Waals surface area contributed by atoms with Gasteiger partial charge >= 0.3 is 18.5 Å². The second-order valence-corrected chi connectivity index (χ2v) is 3.60. The van der Waals surface area contributed by atoms with Crippen LogP contribution in [0.4, 0.5) is 30.7 Å². The fourth-order valence-electron chi connectivity index (χ4n) is 1.13. The predicted octanol–water partition coefficient (Wildman–Crippen LogP) is 2.78. The van der Waals surface area contributed by atoms with E-state index in [2.05, 4.69) is 4.74 Å². The SMILES string of the molecule is [B]c1ccc(C(F)(F)F)c(OCC(F)(F)C(F)F)c1. The number of benzene rings is 1. The van der Waals surface area contributed by atoms with Gasteiger partial charge in [0.05, 0.1) is 5.56 Å². The molecule has 0 aliphatic rings. The van der Waals surface area contributed by atoms with Gasteiger partial charge in [-0.1, -0.05) is 11.5 Å². The highest BCUT2D eigenvalue weighted by molar-refractivity contribution is 6.32. The van der Waals surface area contributed by atoms with E-state index in [9.17, 15) is 30.7 Å². The van der Waals surface area contributed by atoms with Gasteiger partial charge in [-0.3, -0.25) is 0 Å². The molecule has 9 heteroatoms. The van der Waals surface area contributed by atoms with Crippen LogP contribution in [-0.4, -0.2) is 26.8 Å². The molecule has 0 spiro atoms. The van der Waals surface area contributed by atoms with Gasteiger partial charge in [0.2, 0.25) is 0 Å². The van der Waals surface area contributed by atoms with Crippen LogP contribution in [0.25, 0.3) is 0 Å². The van der Waals surface area contributed by atoms with Crippen molar-refractivity contribution in [3.8, 4) is 5.75 Å². The molecular weight excluding hydrogens is 280 g/mol. The Bertz CT molecular complexity index is 444. The monoisotopic (exact) mass is 286 g/mol. The summed E-state index contributed by atoms with van der Waals surface area (Å²) in [5.41, 5.74) is -1.55. The van der Waals surface area contributed by atoms with Crippen LogP contribution < -0.4 is 10.2 Å². The van der Waals surface area contributed by atoms with Crippen molar-refractivity contribution in [3.05, 3.63) is 23.8 Å². The van der Waals surface area contributed by atoms with Crippen LogP contribution >= 0.6 is 0 Å². The van der Waals surface area contributed by atoms with Crippen LogP contribution in [0.5, 0.6) is 5.75 Å². The Kier molecular flexibility index (Phi) is 4.37. The highest BCUT2D eigenvalue weighted by atomic mass is 19.4. The van der Waals surface area contributed by atoms with Gasteiger partial charge in [-0.2, -0.15) is 22.0 Å². The molecule has 0 aromatic heterocycles. The number of halogens is 7. The van der Waals surface area contributed by atoms with E-state index in [0.717, 1.165) is 6.07 Å². The van der Waals surface area contributed by atoms with E-state index in [-0.39, 0.29) is 5.46 Å². The second-order valence-electron chi connectivity index (χ2n) is 3.60. The molecule has 0 saturated carbocycles. The topological polar surface area (TPSA) is 9.23 Å². The van der Waals surface area contributed by atoms with Crippen molar-refractivity contribution in [1.82, 2.24) is 0 Å². The Hall–Kier alpha value is -1.41.